The van der Waals surface area contributed by atoms with Crippen LogP contribution in [0.25, 0.3) is 0 Å². The lowest BCUT2D eigenvalue weighted by atomic mass is 10.2. The standard InChI is InChI=1S/C14H19N3/c1-13(2)7-11-17(10-5-8-15)12-14-6-3-4-9-16-14/h3-4,6-7,9H,5,10-12H2,1-2H3. The number of rotatable bonds is 6. The second-order valence-electron chi connectivity index (χ2n) is 4.25. The summed E-state index contributed by atoms with van der Waals surface area (Å²) >= 11 is 0. The third-order valence-corrected chi connectivity index (χ3v) is 2.41. The van der Waals surface area contributed by atoms with Crippen LogP contribution in [0, 0.1) is 11.3 Å². The smallest absolute Gasteiger partial charge is 0.0635 e. The first-order chi connectivity index (χ1) is 8.22. The van der Waals surface area contributed by atoms with Crippen molar-refractivity contribution >= 4 is 0 Å². The van der Waals surface area contributed by atoms with Crippen LogP contribution < -0.4 is 0 Å². The molecule has 1 aromatic heterocycles. The largest absolute Gasteiger partial charge is 0.293 e. The van der Waals surface area contributed by atoms with Crippen LogP contribution in [-0.2, 0) is 6.54 Å². The Bertz CT molecular complexity index is 386. The van der Waals surface area contributed by atoms with Gasteiger partial charge in [-0.25, -0.2) is 0 Å². The predicted octanol–water partition coefficient (Wildman–Crippen LogP) is 2.76. The molecule has 1 rings (SSSR count). The van der Waals surface area contributed by atoms with Crippen molar-refractivity contribution in [2.75, 3.05) is 13.1 Å². The first-order valence-corrected chi connectivity index (χ1v) is 5.85. The van der Waals surface area contributed by atoms with Crippen LogP contribution in [-0.4, -0.2) is 23.0 Å². The van der Waals surface area contributed by atoms with Crippen LogP contribution in [0.15, 0.2) is 36.0 Å². The molecule has 3 heteroatoms. The van der Waals surface area contributed by atoms with Gasteiger partial charge in [-0.1, -0.05) is 17.7 Å². The van der Waals surface area contributed by atoms with Gasteiger partial charge in [-0.2, -0.15) is 5.26 Å². The highest BCUT2D eigenvalue weighted by Crippen LogP contribution is 2.03. The van der Waals surface area contributed by atoms with Crippen LogP contribution in [0.3, 0.4) is 0 Å². The Kier molecular flexibility index (Phi) is 5.98. The molecule has 0 fully saturated rings. The molecule has 17 heavy (non-hydrogen) atoms. The molecule has 3 nitrogen and oxygen atoms in total. The van der Waals surface area contributed by atoms with Crippen LogP contribution in [0.2, 0.25) is 0 Å². The van der Waals surface area contributed by atoms with E-state index in [1.54, 1.807) is 6.20 Å². The summed E-state index contributed by atoms with van der Waals surface area (Å²) in [5, 5.41) is 8.65. The minimum Gasteiger partial charge on any atom is -0.293 e. The summed E-state index contributed by atoms with van der Waals surface area (Å²) in [6.07, 6.45) is 4.54. The van der Waals surface area contributed by atoms with Gasteiger partial charge < -0.3 is 0 Å². The first kappa shape index (κ1) is 13.4. The molecular weight excluding hydrogens is 210 g/mol. The highest BCUT2D eigenvalue weighted by molar-refractivity contribution is 5.04. The van der Waals surface area contributed by atoms with E-state index < -0.39 is 0 Å². The number of pyridine rings is 1. The maximum Gasteiger partial charge on any atom is 0.0635 e. The molecule has 0 aromatic carbocycles. The summed E-state index contributed by atoms with van der Waals surface area (Å²) in [7, 11) is 0. The van der Waals surface area contributed by atoms with Gasteiger partial charge in [0.15, 0.2) is 0 Å². The van der Waals surface area contributed by atoms with Crippen molar-refractivity contribution in [1.29, 1.82) is 5.26 Å². The molecule has 0 spiro atoms. The molecule has 0 atom stereocenters. The fourth-order valence-electron chi connectivity index (χ4n) is 1.48. The molecule has 0 radical (unpaired) electrons. The van der Waals surface area contributed by atoms with Crippen molar-refractivity contribution in [2.45, 2.75) is 26.8 Å². The molecule has 0 saturated heterocycles. The Morgan fingerprint density at radius 3 is 2.88 bits per heavy atom. The molecule has 0 amide bonds. The average Bonchev–Trinajstić information content (AvgIpc) is 2.34. The zero-order valence-corrected chi connectivity index (χ0v) is 10.6. The number of nitriles is 1. The second-order valence-corrected chi connectivity index (χ2v) is 4.25. The van der Waals surface area contributed by atoms with Gasteiger partial charge in [0.05, 0.1) is 11.8 Å². The van der Waals surface area contributed by atoms with Crippen molar-refractivity contribution in [3.8, 4) is 6.07 Å². The van der Waals surface area contributed by atoms with E-state index in [1.807, 2.05) is 18.2 Å². The Morgan fingerprint density at radius 2 is 2.29 bits per heavy atom. The van der Waals surface area contributed by atoms with Crippen LogP contribution in [0.1, 0.15) is 26.0 Å². The zero-order chi connectivity index (χ0) is 12.5. The van der Waals surface area contributed by atoms with E-state index in [-0.39, 0.29) is 0 Å². The van der Waals surface area contributed by atoms with Crippen LogP contribution in [0.5, 0.6) is 0 Å². The van der Waals surface area contributed by atoms with E-state index in [0.717, 1.165) is 25.3 Å². The van der Waals surface area contributed by atoms with E-state index in [9.17, 15) is 0 Å². The Morgan fingerprint density at radius 1 is 1.47 bits per heavy atom. The molecule has 0 bridgehead atoms. The Balaban J connectivity index is 2.57. The first-order valence-electron chi connectivity index (χ1n) is 5.85. The van der Waals surface area contributed by atoms with Crippen molar-refractivity contribution in [2.24, 2.45) is 0 Å². The molecular formula is C14H19N3. The lowest BCUT2D eigenvalue weighted by molar-refractivity contribution is 0.297. The van der Waals surface area contributed by atoms with E-state index in [2.05, 4.69) is 35.9 Å². The van der Waals surface area contributed by atoms with Gasteiger partial charge in [-0.3, -0.25) is 9.88 Å². The average molecular weight is 229 g/mol. The maximum atomic E-state index is 8.65. The summed E-state index contributed by atoms with van der Waals surface area (Å²) in [5.74, 6) is 0. The van der Waals surface area contributed by atoms with Crippen molar-refractivity contribution < 1.29 is 0 Å². The number of nitrogens with zero attached hydrogens (tertiary/aromatic N) is 3. The van der Waals surface area contributed by atoms with Gasteiger partial charge >= 0.3 is 0 Å². The van der Waals surface area contributed by atoms with E-state index in [1.165, 1.54) is 5.57 Å². The van der Waals surface area contributed by atoms with Gasteiger partial charge in [0.25, 0.3) is 0 Å². The van der Waals surface area contributed by atoms with E-state index >= 15 is 0 Å². The highest BCUT2D eigenvalue weighted by Gasteiger charge is 2.04. The van der Waals surface area contributed by atoms with Gasteiger partial charge in [-0.05, 0) is 26.0 Å². The molecule has 0 aliphatic carbocycles. The van der Waals surface area contributed by atoms with Gasteiger partial charge in [0, 0.05) is 32.3 Å². The van der Waals surface area contributed by atoms with Crippen LogP contribution >= 0.6 is 0 Å². The minimum absolute atomic E-state index is 0.559. The third kappa shape index (κ3) is 5.84. The molecule has 1 heterocycles. The number of allylic oxidation sites excluding steroid dienone is 1. The lowest BCUT2D eigenvalue weighted by Gasteiger charge is -2.19. The summed E-state index contributed by atoms with van der Waals surface area (Å²) in [6, 6.07) is 8.11. The van der Waals surface area contributed by atoms with Gasteiger partial charge in [0.2, 0.25) is 0 Å². The molecule has 0 unspecified atom stereocenters. The number of hydrogen-bond acceptors (Lipinski definition) is 3. The monoisotopic (exact) mass is 229 g/mol. The summed E-state index contributed by atoms with van der Waals surface area (Å²) < 4.78 is 0. The second kappa shape index (κ2) is 7.59. The molecule has 0 saturated carbocycles. The van der Waals surface area contributed by atoms with Gasteiger partial charge in [0.1, 0.15) is 0 Å². The normalized spacial score (nSPS) is 10.0. The highest BCUT2D eigenvalue weighted by atomic mass is 15.1. The number of hydrogen-bond donors (Lipinski definition) is 0. The molecule has 0 aliphatic heterocycles. The van der Waals surface area contributed by atoms with E-state index in [0.29, 0.717) is 6.42 Å². The molecule has 0 aliphatic rings. The molecule has 1 aromatic rings. The van der Waals surface area contributed by atoms with Crippen molar-refractivity contribution in [3.63, 3.8) is 0 Å². The topological polar surface area (TPSA) is 39.9 Å². The zero-order valence-electron chi connectivity index (χ0n) is 10.6. The summed E-state index contributed by atoms with van der Waals surface area (Å²) in [6.45, 7) is 6.64. The SMILES string of the molecule is CC(C)=CCN(CCC#N)Cc1ccccn1. The fourth-order valence-corrected chi connectivity index (χ4v) is 1.48. The van der Waals surface area contributed by atoms with Crippen LogP contribution in [0.4, 0.5) is 0 Å². The lowest BCUT2D eigenvalue weighted by Crippen LogP contribution is -2.25. The quantitative estimate of drug-likeness (QED) is 0.704. The minimum atomic E-state index is 0.559. The maximum absolute atomic E-state index is 8.65. The number of aromatic nitrogens is 1. The Labute approximate surface area is 103 Å². The Hall–Kier alpha value is -1.66. The van der Waals surface area contributed by atoms with Crippen molar-refractivity contribution in [1.82, 2.24) is 9.88 Å². The molecule has 90 valence electrons. The third-order valence-electron chi connectivity index (χ3n) is 2.41. The summed E-state index contributed by atoms with van der Waals surface area (Å²) in [5.41, 5.74) is 2.35. The fraction of sp³-hybridized carbons (Fsp3) is 0.429. The molecule has 0 N–H and O–H groups in total. The van der Waals surface area contributed by atoms with Gasteiger partial charge in [-0.15, -0.1) is 0 Å². The summed E-state index contributed by atoms with van der Waals surface area (Å²) in [4.78, 5) is 6.54. The van der Waals surface area contributed by atoms with E-state index in [4.69, 9.17) is 5.26 Å². The predicted molar refractivity (Wildman–Crippen MR) is 69.2 cm³/mol. The van der Waals surface area contributed by atoms with Crippen molar-refractivity contribution in [3.05, 3.63) is 41.7 Å².